The van der Waals surface area contributed by atoms with Gasteiger partial charge in [-0.1, -0.05) is 19.9 Å². The van der Waals surface area contributed by atoms with E-state index in [4.69, 9.17) is 10.5 Å². The molecule has 0 bridgehead atoms. The molecule has 0 aliphatic rings. The van der Waals surface area contributed by atoms with E-state index in [9.17, 15) is 4.79 Å². The molecule has 0 aliphatic heterocycles. The molecule has 0 fully saturated rings. The van der Waals surface area contributed by atoms with Crippen molar-refractivity contribution in [1.82, 2.24) is 0 Å². The number of rotatable bonds is 7. The summed E-state index contributed by atoms with van der Waals surface area (Å²) in [4.78, 5) is 11.2. The summed E-state index contributed by atoms with van der Waals surface area (Å²) in [6, 6.07) is -0.549. The Morgan fingerprint density at radius 1 is 1.57 bits per heavy atom. The van der Waals surface area contributed by atoms with E-state index in [-0.39, 0.29) is 5.97 Å². The predicted octanol–water partition coefficient (Wildman–Crippen LogP) is 1.87. The zero-order valence-corrected chi connectivity index (χ0v) is 9.16. The minimum atomic E-state index is -0.549. The highest BCUT2D eigenvalue weighted by molar-refractivity contribution is 5.75. The average Bonchev–Trinajstić information content (AvgIpc) is 2.12. The first-order chi connectivity index (χ1) is 6.57. The van der Waals surface area contributed by atoms with E-state index in [0.29, 0.717) is 18.9 Å². The van der Waals surface area contributed by atoms with Gasteiger partial charge >= 0.3 is 5.97 Å². The minimum absolute atomic E-state index is 0.325. The minimum Gasteiger partial charge on any atom is -0.465 e. The lowest BCUT2D eigenvalue weighted by atomic mass is 10.1. The summed E-state index contributed by atoms with van der Waals surface area (Å²) in [5.74, 6) is 0.323. The van der Waals surface area contributed by atoms with Gasteiger partial charge in [-0.05, 0) is 25.2 Å². The van der Waals surface area contributed by atoms with E-state index in [1.165, 1.54) is 0 Å². The van der Waals surface area contributed by atoms with Crippen molar-refractivity contribution in [1.29, 1.82) is 0 Å². The molecule has 0 spiro atoms. The molecule has 0 aromatic rings. The molecule has 0 aromatic carbocycles. The molecule has 1 unspecified atom stereocenters. The second-order valence-corrected chi connectivity index (χ2v) is 3.83. The van der Waals surface area contributed by atoms with E-state index in [2.05, 4.69) is 20.4 Å². The molecule has 0 amide bonds. The second-order valence-electron chi connectivity index (χ2n) is 3.83. The largest absolute Gasteiger partial charge is 0.465 e. The van der Waals surface area contributed by atoms with Crippen LogP contribution in [-0.4, -0.2) is 18.6 Å². The normalized spacial score (nSPS) is 12.6. The Bertz CT molecular complexity index is 178. The van der Waals surface area contributed by atoms with Crippen LogP contribution < -0.4 is 5.73 Å². The molecule has 0 rings (SSSR count). The second kappa shape index (κ2) is 7.56. The van der Waals surface area contributed by atoms with E-state index >= 15 is 0 Å². The lowest BCUT2D eigenvalue weighted by Crippen LogP contribution is -2.31. The van der Waals surface area contributed by atoms with Crippen molar-refractivity contribution in [2.75, 3.05) is 6.61 Å². The maximum atomic E-state index is 11.2. The van der Waals surface area contributed by atoms with Gasteiger partial charge in [-0.15, -0.1) is 6.58 Å². The molecule has 0 heterocycles. The van der Waals surface area contributed by atoms with Gasteiger partial charge in [0, 0.05) is 0 Å². The van der Waals surface area contributed by atoms with Gasteiger partial charge in [-0.25, -0.2) is 0 Å². The molecule has 3 nitrogen and oxygen atoms in total. The SMILES string of the molecule is C=CCC(N)C(=O)OCCCC(C)C. The zero-order valence-electron chi connectivity index (χ0n) is 9.16. The molecule has 2 N–H and O–H groups in total. The Labute approximate surface area is 86.3 Å². The monoisotopic (exact) mass is 199 g/mol. The Morgan fingerprint density at radius 3 is 2.71 bits per heavy atom. The van der Waals surface area contributed by atoms with Crippen LogP contribution in [0.15, 0.2) is 12.7 Å². The summed E-state index contributed by atoms with van der Waals surface area (Å²) in [5, 5.41) is 0. The highest BCUT2D eigenvalue weighted by Crippen LogP contribution is 2.03. The third-order valence-corrected chi connectivity index (χ3v) is 1.89. The Morgan fingerprint density at radius 2 is 2.21 bits per heavy atom. The van der Waals surface area contributed by atoms with E-state index in [1.807, 2.05) is 0 Å². The first-order valence-electron chi connectivity index (χ1n) is 5.11. The summed E-state index contributed by atoms with van der Waals surface area (Å²) in [7, 11) is 0. The third kappa shape index (κ3) is 6.66. The highest BCUT2D eigenvalue weighted by atomic mass is 16.5. The molecule has 0 saturated heterocycles. The molecule has 14 heavy (non-hydrogen) atoms. The Balaban J connectivity index is 3.48. The van der Waals surface area contributed by atoms with Crippen LogP contribution in [0.5, 0.6) is 0 Å². The average molecular weight is 199 g/mol. The molecule has 0 aromatic heterocycles. The smallest absolute Gasteiger partial charge is 0.323 e. The Kier molecular flexibility index (Phi) is 7.11. The molecular weight excluding hydrogens is 178 g/mol. The van der Waals surface area contributed by atoms with Crippen molar-refractivity contribution in [3.63, 3.8) is 0 Å². The summed E-state index contributed by atoms with van der Waals surface area (Å²) in [6.45, 7) is 8.28. The first kappa shape index (κ1) is 13.2. The molecule has 82 valence electrons. The summed E-state index contributed by atoms with van der Waals surface area (Å²) in [6.07, 6.45) is 4.08. The van der Waals surface area contributed by atoms with Crippen LogP contribution in [0.2, 0.25) is 0 Å². The quantitative estimate of drug-likeness (QED) is 0.387. The van der Waals surface area contributed by atoms with Crippen LogP contribution >= 0.6 is 0 Å². The fourth-order valence-corrected chi connectivity index (χ4v) is 1.05. The lowest BCUT2D eigenvalue weighted by molar-refractivity contribution is -0.145. The van der Waals surface area contributed by atoms with Crippen LogP contribution in [0.1, 0.15) is 33.1 Å². The number of esters is 1. The predicted molar refractivity (Wildman–Crippen MR) is 57.8 cm³/mol. The Hall–Kier alpha value is -0.830. The van der Waals surface area contributed by atoms with Crippen LogP contribution in [-0.2, 0) is 9.53 Å². The van der Waals surface area contributed by atoms with Gasteiger partial charge < -0.3 is 10.5 Å². The number of ether oxygens (including phenoxy) is 1. The fourth-order valence-electron chi connectivity index (χ4n) is 1.05. The van der Waals surface area contributed by atoms with Crippen molar-refractivity contribution in [3.05, 3.63) is 12.7 Å². The van der Waals surface area contributed by atoms with E-state index in [0.717, 1.165) is 12.8 Å². The molecule has 0 radical (unpaired) electrons. The number of carbonyl (C=O) groups excluding carboxylic acids is 1. The van der Waals surface area contributed by atoms with Crippen LogP contribution in [0.3, 0.4) is 0 Å². The van der Waals surface area contributed by atoms with Crippen LogP contribution in [0.25, 0.3) is 0 Å². The number of nitrogens with two attached hydrogens (primary N) is 1. The zero-order chi connectivity index (χ0) is 11.0. The molecule has 0 aliphatic carbocycles. The van der Waals surface area contributed by atoms with Gasteiger partial charge in [-0.3, -0.25) is 4.79 Å². The van der Waals surface area contributed by atoms with Crippen molar-refractivity contribution in [3.8, 4) is 0 Å². The van der Waals surface area contributed by atoms with Gasteiger partial charge in [-0.2, -0.15) is 0 Å². The summed E-state index contributed by atoms with van der Waals surface area (Å²) < 4.78 is 5.00. The van der Waals surface area contributed by atoms with E-state index in [1.54, 1.807) is 6.08 Å². The van der Waals surface area contributed by atoms with Crippen molar-refractivity contribution in [2.24, 2.45) is 11.7 Å². The number of hydrogen-bond donors (Lipinski definition) is 1. The van der Waals surface area contributed by atoms with Crippen molar-refractivity contribution >= 4 is 5.97 Å². The standard InChI is InChI=1S/C11H21NO2/c1-4-6-10(12)11(13)14-8-5-7-9(2)3/h4,9-10H,1,5-8,12H2,2-3H3. The number of carbonyl (C=O) groups is 1. The molecule has 1 atom stereocenters. The fraction of sp³-hybridized carbons (Fsp3) is 0.727. The highest BCUT2D eigenvalue weighted by Gasteiger charge is 2.12. The summed E-state index contributed by atoms with van der Waals surface area (Å²) in [5.41, 5.74) is 5.52. The topological polar surface area (TPSA) is 52.3 Å². The van der Waals surface area contributed by atoms with Crippen LogP contribution in [0, 0.1) is 5.92 Å². The molecule has 3 heteroatoms. The van der Waals surface area contributed by atoms with Gasteiger partial charge in [0.15, 0.2) is 0 Å². The van der Waals surface area contributed by atoms with Gasteiger partial charge in [0.1, 0.15) is 6.04 Å². The van der Waals surface area contributed by atoms with Crippen molar-refractivity contribution in [2.45, 2.75) is 39.2 Å². The van der Waals surface area contributed by atoms with Crippen LogP contribution in [0.4, 0.5) is 0 Å². The van der Waals surface area contributed by atoms with Gasteiger partial charge in [0.25, 0.3) is 0 Å². The van der Waals surface area contributed by atoms with Gasteiger partial charge in [0.05, 0.1) is 6.61 Å². The maximum absolute atomic E-state index is 11.2. The summed E-state index contributed by atoms with van der Waals surface area (Å²) >= 11 is 0. The lowest BCUT2D eigenvalue weighted by Gasteiger charge is -2.10. The third-order valence-electron chi connectivity index (χ3n) is 1.89. The number of hydrogen-bond acceptors (Lipinski definition) is 3. The van der Waals surface area contributed by atoms with Gasteiger partial charge in [0.2, 0.25) is 0 Å². The molecular formula is C11H21NO2. The maximum Gasteiger partial charge on any atom is 0.323 e. The van der Waals surface area contributed by atoms with Crippen molar-refractivity contribution < 1.29 is 9.53 Å². The molecule has 0 saturated carbocycles. The first-order valence-corrected chi connectivity index (χ1v) is 5.11. The van der Waals surface area contributed by atoms with E-state index < -0.39 is 6.04 Å².